The number of fused-ring (bicyclic) bond motifs is 8. The summed E-state index contributed by atoms with van der Waals surface area (Å²) >= 11 is 0. The van der Waals surface area contributed by atoms with Crippen molar-refractivity contribution in [3.8, 4) is 34.5 Å². The summed E-state index contributed by atoms with van der Waals surface area (Å²) in [5.41, 5.74) is 10.6. The molecule has 0 spiro atoms. The quantitative estimate of drug-likeness (QED) is 0.0795. The number of para-hydroxylation sites is 4. The maximum Gasteiger partial charge on any atom is 0.248 e. The Morgan fingerprint density at radius 2 is 0.817 bits per heavy atom. The smallest absolute Gasteiger partial charge is 0.248 e. The molecule has 17 heteroatoms. The summed E-state index contributed by atoms with van der Waals surface area (Å²) in [6.07, 6.45) is 9.03. The van der Waals surface area contributed by atoms with Gasteiger partial charge in [0.25, 0.3) is 0 Å². The number of H-pyrrole nitrogens is 2. The molecule has 8 aromatic carbocycles. The minimum atomic E-state index is -0.0521. The molecule has 0 saturated heterocycles. The van der Waals surface area contributed by atoms with Crippen LogP contribution in [0.2, 0.25) is 0 Å². The van der Waals surface area contributed by atoms with Gasteiger partial charge >= 0.3 is 0 Å². The number of nitrogens with zero attached hydrogens (tertiary/aromatic N) is 6. The third-order valence-electron chi connectivity index (χ3n) is 14.6. The summed E-state index contributed by atoms with van der Waals surface area (Å²) in [6.45, 7) is 3.75. The van der Waals surface area contributed by atoms with Crippen LogP contribution >= 0.6 is 0 Å². The van der Waals surface area contributed by atoms with E-state index < -0.39 is 0 Å². The number of phenolic OH excluding ortho intramolecular Hbond substituents is 6. The van der Waals surface area contributed by atoms with Crippen molar-refractivity contribution in [1.29, 1.82) is 0 Å². The second-order valence-electron chi connectivity index (χ2n) is 21.1. The van der Waals surface area contributed by atoms with Gasteiger partial charge in [0, 0.05) is 103 Å². The molecule has 8 heterocycles. The number of aromatic hydroxyl groups is 6. The number of pyridine rings is 8. The molecule has 9 N–H and O–H groups in total. The van der Waals surface area contributed by atoms with Crippen molar-refractivity contribution < 1.29 is 35.7 Å². The topological polar surface area (TPSA) is 285 Å². The van der Waals surface area contributed by atoms with Crippen LogP contribution in [0.4, 0.5) is 0 Å². The normalized spacial score (nSPS) is 10.5. The fourth-order valence-corrected chi connectivity index (χ4v) is 10.1. The first-order valence-corrected chi connectivity index (χ1v) is 29.3. The van der Waals surface area contributed by atoms with Gasteiger partial charge in [0.05, 0.1) is 12.1 Å². The Bertz CT molecular complexity index is 5300. The number of nitrogens with one attached hydrogen (secondary N) is 2. The Balaban J connectivity index is 0.000000121. The molecule has 0 unspecified atom stereocenters. The molecule has 93 heavy (non-hydrogen) atoms. The summed E-state index contributed by atoms with van der Waals surface area (Å²) in [5, 5.41) is 73.6. The molecule has 0 fully saturated rings. The van der Waals surface area contributed by atoms with Crippen LogP contribution in [0.15, 0.2) is 271 Å². The van der Waals surface area contributed by atoms with Crippen LogP contribution in [-0.4, -0.2) is 75.6 Å². The summed E-state index contributed by atoms with van der Waals surface area (Å²) in [5.74, 6) is 1.28. The summed E-state index contributed by atoms with van der Waals surface area (Å²) in [4.78, 5) is 53.0. The number of aromatic amines is 2. The molecule has 16 rings (SSSR count). The van der Waals surface area contributed by atoms with Crippen molar-refractivity contribution in [2.45, 2.75) is 26.9 Å². The Labute approximate surface area is 531 Å². The van der Waals surface area contributed by atoms with Gasteiger partial charge in [0.2, 0.25) is 5.56 Å². The molecular weight excluding hydrogens is 1170 g/mol. The number of aliphatic hydroxyl groups is 1. The van der Waals surface area contributed by atoms with Gasteiger partial charge in [-0.05, 0) is 152 Å². The van der Waals surface area contributed by atoms with E-state index in [4.69, 9.17) is 10.2 Å². The molecular formula is C76H62N8O9. The van der Waals surface area contributed by atoms with Gasteiger partial charge in [-0.25, -0.2) is 4.98 Å². The Morgan fingerprint density at radius 1 is 0.355 bits per heavy atom. The van der Waals surface area contributed by atoms with E-state index in [9.17, 15) is 35.1 Å². The fraction of sp³-hybridized carbons (Fsp3) is 0.0526. The van der Waals surface area contributed by atoms with Crippen molar-refractivity contribution in [2.75, 3.05) is 0 Å². The molecule has 0 atom stereocenters. The second kappa shape index (κ2) is 30.1. The van der Waals surface area contributed by atoms with Crippen LogP contribution in [-0.2, 0) is 13.0 Å². The lowest BCUT2D eigenvalue weighted by Gasteiger charge is -2.10. The number of phenols is 6. The van der Waals surface area contributed by atoms with Crippen LogP contribution in [0, 0.1) is 13.8 Å². The predicted octanol–water partition coefficient (Wildman–Crippen LogP) is 14.7. The minimum Gasteiger partial charge on any atom is -0.508 e. The zero-order chi connectivity index (χ0) is 65.2. The van der Waals surface area contributed by atoms with Gasteiger partial charge in [-0.1, -0.05) is 109 Å². The van der Waals surface area contributed by atoms with E-state index in [1.54, 1.807) is 104 Å². The molecule has 16 aromatic rings. The first-order valence-electron chi connectivity index (χ1n) is 29.3. The largest absolute Gasteiger partial charge is 0.508 e. The molecule has 0 aliphatic rings. The van der Waals surface area contributed by atoms with Crippen molar-refractivity contribution >= 4 is 87.2 Å². The van der Waals surface area contributed by atoms with E-state index >= 15 is 0 Å². The minimum absolute atomic E-state index is 0.0392. The average molecular weight is 1230 g/mol. The highest BCUT2D eigenvalue weighted by Gasteiger charge is 2.12. The monoisotopic (exact) mass is 1230 g/mol. The van der Waals surface area contributed by atoms with E-state index in [-0.39, 0.29) is 52.1 Å². The predicted molar refractivity (Wildman–Crippen MR) is 368 cm³/mol. The zero-order valence-electron chi connectivity index (χ0n) is 50.4. The van der Waals surface area contributed by atoms with Gasteiger partial charge in [-0.3, -0.25) is 34.5 Å². The highest BCUT2D eigenvalue weighted by molar-refractivity contribution is 5.91. The van der Waals surface area contributed by atoms with Crippen LogP contribution in [0.1, 0.15) is 28.1 Å². The highest BCUT2D eigenvalue weighted by Crippen LogP contribution is 2.32. The summed E-state index contributed by atoms with van der Waals surface area (Å²) in [6, 6.07) is 69.1. The highest BCUT2D eigenvalue weighted by atomic mass is 16.3. The van der Waals surface area contributed by atoms with Crippen molar-refractivity contribution in [2.24, 2.45) is 0 Å². The van der Waals surface area contributed by atoms with Gasteiger partial charge < -0.3 is 45.7 Å². The number of hydrogen-bond donors (Lipinski definition) is 9. The first-order chi connectivity index (χ1) is 45.2. The lowest BCUT2D eigenvalue weighted by atomic mass is 9.97. The van der Waals surface area contributed by atoms with Gasteiger partial charge in [-0.15, -0.1) is 0 Å². The number of aliphatic hydroxyl groups excluding tert-OH is 1. The third-order valence-corrected chi connectivity index (χ3v) is 14.6. The van der Waals surface area contributed by atoms with E-state index in [0.717, 1.165) is 87.7 Å². The second-order valence-corrected chi connectivity index (χ2v) is 21.1. The van der Waals surface area contributed by atoms with Crippen molar-refractivity contribution in [3.05, 3.63) is 310 Å². The van der Waals surface area contributed by atoms with Gasteiger partial charge in [0.1, 0.15) is 62.1 Å². The number of aromatic nitrogens is 8. The molecule has 0 aliphatic heterocycles. The average Bonchev–Trinajstić information content (AvgIpc) is 1.25. The standard InChI is InChI=1S/C19H14N2O2.C10H9NO2.2C10H9NO.3C9H7NO/c22-16-7-5-12(14-3-1-9-20-18(14)16)11-13-6-8-17(23)19-15(13)4-2-10-21-19;12-6-7-3-4-9(13)10-8(7)2-1-5-11-10;1-7-5-6-8-3-2-4-9(12)10(8)11-7;1-7-6-10(12)8-4-2-3-5-9(8)11-7;11-8-5-1-3-7-4-2-6-10-9(7)8;11-8-3-4-9-7(6-8)2-1-5-10-9;11-9-6-5-7-3-1-2-4-8(7)10-9/h1-10,22-23H,11H2;1-5,12-13H,6H2;2-6,12H,1H3;2-6H,1H3,(H,11,12);2*1-6,11H;1-6H,(H,10,11). The Hall–Kier alpha value is -12.6. The van der Waals surface area contributed by atoms with E-state index in [0.29, 0.717) is 34.0 Å². The van der Waals surface area contributed by atoms with Gasteiger partial charge in [0.15, 0.2) is 5.43 Å². The number of hydrogen-bond acceptors (Lipinski definition) is 15. The van der Waals surface area contributed by atoms with Crippen molar-refractivity contribution in [1.82, 2.24) is 39.9 Å². The first kappa shape index (κ1) is 63.4. The van der Waals surface area contributed by atoms with E-state index in [1.165, 1.54) is 6.07 Å². The molecule has 0 saturated carbocycles. The zero-order valence-corrected chi connectivity index (χ0v) is 50.4. The number of aryl methyl sites for hydroxylation is 2. The van der Waals surface area contributed by atoms with Crippen LogP contribution in [0.5, 0.6) is 34.5 Å². The lowest BCUT2D eigenvalue weighted by molar-refractivity contribution is 0.283. The number of rotatable bonds is 3. The SMILES string of the molecule is Cc1cc(=O)c2ccccc2[nH]1.Cc1ccc2cccc(O)c2n1.O=c1ccc2ccccc2[nH]1.OCc1ccc(O)c2ncccc12.Oc1ccc(Cc2ccc(O)c3ncccc23)c2cccnc12.Oc1ccc2ncccc2c1.Oc1cccc2cccnc12. The summed E-state index contributed by atoms with van der Waals surface area (Å²) < 4.78 is 0. The molecule has 0 amide bonds. The van der Waals surface area contributed by atoms with Gasteiger partial charge in [-0.2, -0.15) is 0 Å². The van der Waals surface area contributed by atoms with Crippen molar-refractivity contribution in [3.63, 3.8) is 0 Å². The molecule has 0 aliphatic carbocycles. The molecule has 460 valence electrons. The lowest BCUT2D eigenvalue weighted by Crippen LogP contribution is -2.01. The van der Waals surface area contributed by atoms with Crippen LogP contribution < -0.4 is 11.0 Å². The Kier molecular flexibility index (Phi) is 20.5. The fourth-order valence-electron chi connectivity index (χ4n) is 10.1. The summed E-state index contributed by atoms with van der Waals surface area (Å²) in [7, 11) is 0. The molecule has 17 nitrogen and oxygen atoms in total. The number of benzene rings is 8. The van der Waals surface area contributed by atoms with Crippen LogP contribution in [0.3, 0.4) is 0 Å². The maximum absolute atomic E-state index is 11.4. The molecule has 8 aromatic heterocycles. The van der Waals surface area contributed by atoms with Crippen LogP contribution in [0.25, 0.3) is 87.2 Å². The third kappa shape index (κ3) is 16.0. The van der Waals surface area contributed by atoms with E-state index in [2.05, 4.69) is 39.9 Å². The molecule has 0 radical (unpaired) electrons. The van der Waals surface area contributed by atoms with E-state index in [1.807, 2.05) is 166 Å². The molecule has 0 bridgehead atoms. The maximum atomic E-state index is 11.4. The Morgan fingerprint density at radius 3 is 1.43 bits per heavy atom.